The van der Waals surface area contributed by atoms with Gasteiger partial charge in [-0.15, -0.1) is 0 Å². The van der Waals surface area contributed by atoms with E-state index < -0.39 is 0 Å². The third-order valence-corrected chi connectivity index (χ3v) is 6.77. The van der Waals surface area contributed by atoms with Gasteiger partial charge in [-0.25, -0.2) is 14.6 Å². The molecule has 1 N–H and O–H groups in total. The van der Waals surface area contributed by atoms with Crippen LogP contribution in [0.25, 0.3) is 11.0 Å². The second-order valence-corrected chi connectivity index (χ2v) is 8.99. The predicted octanol–water partition coefficient (Wildman–Crippen LogP) is 3.21. The summed E-state index contributed by atoms with van der Waals surface area (Å²) in [5, 5.41) is 9.82. The Kier molecular flexibility index (Phi) is 6.28. The van der Waals surface area contributed by atoms with Crippen molar-refractivity contribution in [1.82, 2.24) is 24.6 Å². The van der Waals surface area contributed by atoms with Gasteiger partial charge in [0.15, 0.2) is 5.65 Å². The topological polar surface area (TPSA) is 77.3 Å². The summed E-state index contributed by atoms with van der Waals surface area (Å²) in [6.45, 7) is 7.72. The Morgan fingerprint density at radius 3 is 2.88 bits per heavy atom. The van der Waals surface area contributed by atoms with Crippen LogP contribution in [0.4, 0.5) is 5.82 Å². The normalized spacial score (nSPS) is 23.9. The number of halogens is 1. The maximum atomic E-state index is 6.14. The van der Waals surface area contributed by atoms with Crippen molar-refractivity contribution in [3.05, 3.63) is 47.4 Å². The smallest absolute Gasteiger partial charge is 0.163 e. The minimum Gasteiger partial charge on any atom is -0.379 e. The van der Waals surface area contributed by atoms with Crippen molar-refractivity contribution in [3.63, 3.8) is 0 Å². The summed E-state index contributed by atoms with van der Waals surface area (Å²) >= 11 is 6.14. The van der Waals surface area contributed by atoms with E-state index in [1.54, 1.807) is 6.33 Å². The van der Waals surface area contributed by atoms with Crippen LogP contribution in [0.15, 0.2) is 36.8 Å². The first kappa shape index (κ1) is 21.6. The molecule has 32 heavy (non-hydrogen) atoms. The van der Waals surface area contributed by atoms with Crippen LogP contribution in [0.5, 0.6) is 0 Å². The summed E-state index contributed by atoms with van der Waals surface area (Å²) in [4.78, 5) is 11.6. The molecule has 1 aliphatic carbocycles. The molecule has 170 valence electrons. The fourth-order valence-electron chi connectivity index (χ4n) is 4.90. The molecule has 2 aromatic heterocycles. The van der Waals surface area contributed by atoms with E-state index in [2.05, 4.69) is 32.2 Å². The van der Waals surface area contributed by atoms with Crippen molar-refractivity contribution in [2.24, 2.45) is 0 Å². The van der Waals surface area contributed by atoms with Gasteiger partial charge in [-0.05, 0) is 37.5 Å². The number of aromatic nitrogens is 4. The maximum absolute atomic E-state index is 6.14. The Labute approximate surface area is 192 Å². The zero-order chi connectivity index (χ0) is 22.0. The highest BCUT2D eigenvalue weighted by atomic mass is 35.5. The maximum Gasteiger partial charge on any atom is 0.163 e. The second-order valence-electron chi connectivity index (χ2n) is 8.55. The number of anilines is 1. The molecular weight excluding hydrogens is 428 g/mol. The first-order valence-electron chi connectivity index (χ1n) is 11.3. The largest absolute Gasteiger partial charge is 0.379 e. The molecule has 2 fully saturated rings. The van der Waals surface area contributed by atoms with Gasteiger partial charge in [0.05, 0.1) is 37.4 Å². The van der Waals surface area contributed by atoms with Crippen LogP contribution in [0.3, 0.4) is 0 Å². The fraction of sp³-hybridized carbons (Fsp3) is 0.522. The van der Waals surface area contributed by atoms with Crippen LogP contribution >= 0.6 is 11.6 Å². The molecule has 1 saturated carbocycles. The van der Waals surface area contributed by atoms with Gasteiger partial charge in [0, 0.05) is 36.8 Å². The molecule has 8 nitrogen and oxygen atoms in total. The molecule has 0 atom stereocenters. The Balaban J connectivity index is 1.33. The first-order chi connectivity index (χ1) is 15.7. The van der Waals surface area contributed by atoms with Gasteiger partial charge in [0.1, 0.15) is 12.1 Å². The number of morpholine rings is 1. The molecule has 3 aromatic rings. The van der Waals surface area contributed by atoms with E-state index in [1.165, 1.54) is 0 Å². The molecule has 2 aliphatic rings. The van der Waals surface area contributed by atoms with Gasteiger partial charge in [-0.3, -0.25) is 4.90 Å². The van der Waals surface area contributed by atoms with Crippen molar-refractivity contribution in [3.8, 4) is 0 Å². The average Bonchev–Trinajstić information content (AvgIpc) is 3.19. The molecule has 0 spiro atoms. The summed E-state index contributed by atoms with van der Waals surface area (Å²) in [5.41, 5.74) is 1.96. The van der Waals surface area contributed by atoms with Gasteiger partial charge < -0.3 is 14.8 Å². The third-order valence-electron chi connectivity index (χ3n) is 6.54. The number of nitrogens with one attached hydrogen (secondary N) is 1. The monoisotopic (exact) mass is 456 g/mol. The Hall–Kier alpha value is -2.26. The number of benzene rings is 1. The van der Waals surface area contributed by atoms with Gasteiger partial charge in [0.25, 0.3) is 0 Å². The second kappa shape index (κ2) is 9.31. The van der Waals surface area contributed by atoms with Crippen molar-refractivity contribution in [2.45, 2.75) is 38.0 Å². The van der Waals surface area contributed by atoms with Gasteiger partial charge in [-0.1, -0.05) is 23.7 Å². The van der Waals surface area contributed by atoms with Gasteiger partial charge >= 0.3 is 0 Å². The summed E-state index contributed by atoms with van der Waals surface area (Å²) in [6.07, 6.45) is 5.82. The quantitative estimate of drug-likeness (QED) is 0.557. The van der Waals surface area contributed by atoms with E-state index in [4.69, 9.17) is 21.1 Å². The highest BCUT2D eigenvalue weighted by Gasteiger charge is 2.49. The molecule has 1 aliphatic heterocycles. The lowest BCUT2D eigenvalue weighted by molar-refractivity contribution is -0.121. The lowest BCUT2D eigenvalue weighted by Crippen LogP contribution is -2.65. The van der Waals surface area contributed by atoms with Crippen LogP contribution in [0.1, 0.15) is 25.3 Å². The van der Waals surface area contributed by atoms with Crippen molar-refractivity contribution >= 4 is 28.5 Å². The van der Waals surface area contributed by atoms with Crippen molar-refractivity contribution in [1.29, 1.82) is 0 Å². The highest BCUT2D eigenvalue weighted by Crippen LogP contribution is 2.40. The summed E-state index contributed by atoms with van der Waals surface area (Å²) in [6, 6.07) is 7.81. The average molecular weight is 457 g/mol. The van der Waals surface area contributed by atoms with Crippen molar-refractivity contribution in [2.75, 3.05) is 44.8 Å². The zero-order valence-electron chi connectivity index (χ0n) is 18.3. The highest BCUT2D eigenvalue weighted by molar-refractivity contribution is 6.30. The summed E-state index contributed by atoms with van der Waals surface area (Å²) in [7, 11) is 0. The minimum atomic E-state index is 0.0671. The van der Waals surface area contributed by atoms with Crippen LogP contribution in [-0.2, 0) is 16.0 Å². The molecule has 0 radical (unpaired) electrons. The molecular formula is C23H29ClN6O2. The first-order valence-corrected chi connectivity index (χ1v) is 11.6. The lowest BCUT2D eigenvalue weighted by atomic mass is 9.72. The van der Waals surface area contributed by atoms with E-state index in [0.717, 1.165) is 79.7 Å². The van der Waals surface area contributed by atoms with Crippen molar-refractivity contribution < 1.29 is 9.47 Å². The molecule has 0 amide bonds. The van der Waals surface area contributed by atoms with Gasteiger partial charge in [0.2, 0.25) is 0 Å². The SMILES string of the molecule is CCOC1CC(CNc2ncnc3c2cnn3Cc2cccc(Cl)c2)(N2CCOCC2)C1. The van der Waals surface area contributed by atoms with Crippen LogP contribution in [-0.4, -0.2) is 75.7 Å². The van der Waals surface area contributed by atoms with Crippen LogP contribution < -0.4 is 5.32 Å². The molecule has 0 unspecified atom stereocenters. The number of hydrogen-bond donors (Lipinski definition) is 1. The number of fused-ring (bicyclic) bond motifs is 1. The lowest BCUT2D eigenvalue weighted by Gasteiger charge is -2.55. The standard InChI is InChI=1S/C23H29ClN6O2/c1-2-32-19-11-23(12-19,29-6-8-31-9-7-29)15-25-21-20-13-28-30(22(20)27-16-26-21)14-17-4-3-5-18(24)10-17/h3-5,10,13,16,19H,2,6-9,11-12,14-15H2,1H3,(H,25,26,27). The minimum absolute atomic E-state index is 0.0671. The Morgan fingerprint density at radius 1 is 1.25 bits per heavy atom. The Morgan fingerprint density at radius 2 is 2.09 bits per heavy atom. The number of hydrogen-bond acceptors (Lipinski definition) is 7. The van der Waals surface area contributed by atoms with E-state index in [-0.39, 0.29) is 5.54 Å². The molecule has 3 heterocycles. The van der Waals surface area contributed by atoms with E-state index in [9.17, 15) is 0 Å². The molecule has 9 heteroatoms. The third kappa shape index (κ3) is 4.32. The van der Waals surface area contributed by atoms with Crippen LogP contribution in [0.2, 0.25) is 5.02 Å². The van der Waals surface area contributed by atoms with Crippen LogP contribution in [0, 0.1) is 0 Å². The summed E-state index contributed by atoms with van der Waals surface area (Å²) in [5.74, 6) is 0.819. The summed E-state index contributed by atoms with van der Waals surface area (Å²) < 4.78 is 13.4. The van der Waals surface area contributed by atoms with Gasteiger partial charge in [-0.2, -0.15) is 5.10 Å². The number of nitrogens with zero attached hydrogens (tertiary/aromatic N) is 5. The van der Waals surface area contributed by atoms with E-state index in [1.807, 2.05) is 35.1 Å². The predicted molar refractivity (Wildman–Crippen MR) is 124 cm³/mol. The fourth-order valence-corrected chi connectivity index (χ4v) is 5.11. The van der Waals surface area contributed by atoms with E-state index in [0.29, 0.717) is 12.6 Å². The van der Waals surface area contributed by atoms with E-state index >= 15 is 0 Å². The molecule has 5 rings (SSSR count). The number of ether oxygens (including phenoxy) is 2. The molecule has 0 bridgehead atoms. The molecule has 1 aromatic carbocycles. The number of rotatable bonds is 8. The molecule has 1 saturated heterocycles. The Bertz CT molecular complexity index is 1060. The zero-order valence-corrected chi connectivity index (χ0v) is 19.1.